The predicted octanol–water partition coefficient (Wildman–Crippen LogP) is 24.8. The zero-order valence-corrected chi connectivity index (χ0v) is 68.2. The molecule has 0 amide bonds. The maximum atomic E-state index is 13.1. The van der Waals surface area contributed by atoms with E-state index in [0.717, 1.165) is 128 Å². The van der Waals surface area contributed by atoms with E-state index < -0.39 is 97.5 Å². The van der Waals surface area contributed by atoms with E-state index in [0.29, 0.717) is 32.1 Å². The van der Waals surface area contributed by atoms with E-state index in [1.165, 1.54) is 173 Å². The van der Waals surface area contributed by atoms with Crippen LogP contribution in [-0.2, 0) is 65.4 Å². The number of unbranched alkanes of at least 4 members (excludes halogenated alkanes) is 42. The van der Waals surface area contributed by atoms with Crippen molar-refractivity contribution in [2.24, 2.45) is 0 Å². The summed E-state index contributed by atoms with van der Waals surface area (Å²) in [4.78, 5) is 73.1. The molecule has 0 aliphatic rings. The summed E-state index contributed by atoms with van der Waals surface area (Å²) in [5.74, 6) is -2.22. The molecule has 0 saturated carbocycles. The van der Waals surface area contributed by atoms with Crippen LogP contribution in [0.1, 0.15) is 387 Å². The highest BCUT2D eigenvalue weighted by molar-refractivity contribution is 7.47. The molecule has 17 nitrogen and oxygen atoms in total. The first-order valence-electron chi connectivity index (χ1n) is 42.2. The van der Waals surface area contributed by atoms with Crippen LogP contribution >= 0.6 is 15.6 Å². The maximum Gasteiger partial charge on any atom is 0.472 e. The molecule has 5 atom stereocenters. The van der Waals surface area contributed by atoms with Crippen molar-refractivity contribution in [2.75, 3.05) is 39.6 Å². The molecular formula is C85H154O17P2. The quantitative estimate of drug-likeness (QED) is 0.0169. The molecule has 0 saturated heterocycles. The molecule has 104 heavy (non-hydrogen) atoms. The van der Waals surface area contributed by atoms with E-state index >= 15 is 0 Å². The molecule has 0 aromatic carbocycles. The summed E-state index contributed by atoms with van der Waals surface area (Å²) in [6, 6.07) is 0. The molecule has 0 aliphatic heterocycles. The average Bonchev–Trinajstić information content (AvgIpc) is 0.909. The first-order valence-corrected chi connectivity index (χ1v) is 45.2. The molecule has 0 heterocycles. The molecule has 0 aliphatic carbocycles. The van der Waals surface area contributed by atoms with Gasteiger partial charge in [-0.3, -0.25) is 37.3 Å². The molecule has 0 aromatic heterocycles. The number of aliphatic hydroxyl groups excluding tert-OH is 1. The van der Waals surface area contributed by atoms with Gasteiger partial charge in [-0.15, -0.1) is 0 Å². The van der Waals surface area contributed by atoms with Gasteiger partial charge in [0.25, 0.3) is 0 Å². The lowest BCUT2D eigenvalue weighted by Gasteiger charge is -2.21. The summed E-state index contributed by atoms with van der Waals surface area (Å²) in [6.45, 7) is 4.85. The number of aliphatic hydroxyl groups is 1. The highest BCUT2D eigenvalue weighted by Crippen LogP contribution is 2.45. The third kappa shape index (κ3) is 76.7. The van der Waals surface area contributed by atoms with Gasteiger partial charge in [0, 0.05) is 25.7 Å². The van der Waals surface area contributed by atoms with Crippen LogP contribution in [0.3, 0.4) is 0 Å². The van der Waals surface area contributed by atoms with Crippen molar-refractivity contribution in [2.45, 2.75) is 406 Å². The van der Waals surface area contributed by atoms with E-state index in [4.69, 9.17) is 37.0 Å². The second-order valence-corrected chi connectivity index (χ2v) is 31.3. The summed E-state index contributed by atoms with van der Waals surface area (Å²) in [5.41, 5.74) is 0. The Balaban J connectivity index is 5.39. The Hall–Kier alpha value is -3.50. The summed E-state index contributed by atoms with van der Waals surface area (Å²) < 4.78 is 68.7. The Morgan fingerprint density at radius 3 is 0.788 bits per heavy atom. The molecule has 0 spiro atoms. The van der Waals surface area contributed by atoms with Crippen LogP contribution < -0.4 is 0 Å². The molecule has 19 heteroatoms. The molecule has 0 radical (unpaired) electrons. The Morgan fingerprint density at radius 1 is 0.269 bits per heavy atom. The van der Waals surface area contributed by atoms with Crippen molar-refractivity contribution in [1.82, 2.24) is 0 Å². The van der Waals surface area contributed by atoms with Crippen LogP contribution in [0.25, 0.3) is 0 Å². The van der Waals surface area contributed by atoms with Crippen LogP contribution in [-0.4, -0.2) is 96.7 Å². The highest BCUT2D eigenvalue weighted by atomic mass is 31.2. The van der Waals surface area contributed by atoms with Gasteiger partial charge in [0.1, 0.15) is 19.3 Å². The monoisotopic (exact) mass is 1510 g/mol. The highest BCUT2D eigenvalue weighted by Gasteiger charge is 2.30. The van der Waals surface area contributed by atoms with Crippen LogP contribution in [0.15, 0.2) is 72.9 Å². The average molecular weight is 1510 g/mol. The van der Waals surface area contributed by atoms with Gasteiger partial charge in [-0.1, -0.05) is 319 Å². The Kier molecular flexibility index (Phi) is 75.0. The fraction of sp³-hybridized carbons (Fsp3) is 0.812. The van der Waals surface area contributed by atoms with E-state index in [2.05, 4.69) is 88.5 Å². The molecule has 0 bridgehead atoms. The Morgan fingerprint density at radius 2 is 0.481 bits per heavy atom. The van der Waals surface area contributed by atoms with Crippen LogP contribution in [0.5, 0.6) is 0 Å². The smallest absolute Gasteiger partial charge is 0.462 e. The van der Waals surface area contributed by atoms with Gasteiger partial charge >= 0.3 is 39.5 Å². The number of esters is 4. The first-order chi connectivity index (χ1) is 50.7. The third-order valence-electron chi connectivity index (χ3n) is 18.1. The van der Waals surface area contributed by atoms with Crippen molar-refractivity contribution in [3.05, 3.63) is 72.9 Å². The van der Waals surface area contributed by atoms with Gasteiger partial charge in [0.15, 0.2) is 12.2 Å². The minimum absolute atomic E-state index is 0.0761. The number of rotatable bonds is 80. The van der Waals surface area contributed by atoms with Crippen molar-refractivity contribution < 1.29 is 80.2 Å². The topological polar surface area (TPSA) is 237 Å². The zero-order valence-electron chi connectivity index (χ0n) is 66.5. The number of ether oxygens (including phenoxy) is 4. The number of carbonyl (C=O) groups excluding carboxylic acids is 4. The van der Waals surface area contributed by atoms with E-state index in [1.54, 1.807) is 0 Å². The molecular weight excluding hydrogens is 1350 g/mol. The van der Waals surface area contributed by atoms with Crippen LogP contribution in [0.2, 0.25) is 0 Å². The number of allylic oxidation sites excluding steroid dienone is 12. The second-order valence-electron chi connectivity index (χ2n) is 28.4. The fourth-order valence-corrected chi connectivity index (χ4v) is 13.3. The van der Waals surface area contributed by atoms with Gasteiger partial charge in [-0.05, 0) is 116 Å². The van der Waals surface area contributed by atoms with Crippen molar-refractivity contribution in [3.63, 3.8) is 0 Å². The van der Waals surface area contributed by atoms with E-state index in [9.17, 15) is 43.2 Å². The lowest BCUT2D eigenvalue weighted by Crippen LogP contribution is -2.30. The summed E-state index contributed by atoms with van der Waals surface area (Å²) in [6.07, 6.45) is 80.2. The fourth-order valence-electron chi connectivity index (χ4n) is 11.7. The van der Waals surface area contributed by atoms with Crippen LogP contribution in [0, 0.1) is 0 Å². The largest absolute Gasteiger partial charge is 0.472 e. The maximum absolute atomic E-state index is 13.1. The van der Waals surface area contributed by atoms with E-state index in [-0.39, 0.29) is 25.7 Å². The third-order valence-corrected chi connectivity index (χ3v) is 20.0. The Labute approximate surface area is 634 Å². The van der Waals surface area contributed by atoms with Gasteiger partial charge in [-0.25, -0.2) is 9.13 Å². The molecule has 0 aromatic rings. The van der Waals surface area contributed by atoms with Gasteiger partial charge < -0.3 is 33.8 Å². The molecule has 2 unspecified atom stereocenters. The number of hydrogen-bond donors (Lipinski definition) is 3. The van der Waals surface area contributed by atoms with Crippen LogP contribution in [0.4, 0.5) is 0 Å². The number of carbonyl (C=O) groups is 4. The normalized spacial score (nSPS) is 14.2. The summed E-state index contributed by atoms with van der Waals surface area (Å²) in [7, 11) is -9.97. The lowest BCUT2D eigenvalue weighted by molar-refractivity contribution is -0.161. The van der Waals surface area contributed by atoms with Crippen molar-refractivity contribution >= 4 is 39.5 Å². The van der Waals surface area contributed by atoms with Crippen molar-refractivity contribution in [3.8, 4) is 0 Å². The SMILES string of the molecule is CCCCC/C=C\C/C=C\C/C=C\C/C=C\CCCC(=O)OC[C@H](COP(=O)(O)OC[C@H](O)COP(=O)(O)OC[C@@H](COC(=O)CCCCCCC/C=C\CCCCCCCC)OC(=O)CCCCCCCCCCCCCCCCCCC)OC(=O)CCCCCCC/C=C\CCCCCCCC. The minimum Gasteiger partial charge on any atom is -0.462 e. The summed E-state index contributed by atoms with van der Waals surface area (Å²) >= 11 is 0. The Bertz CT molecular complexity index is 2250. The zero-order chi connectivity index (χ0) is 76.0. The number of hydrogen-bond acceptors (Lipinski definition) is 15. The van der Waals surface area contributed by atoms with Crippen molar-refractivity contribution in [1.29, 1.82) is 0 Å². The van der Waals surface area contributed by atoms with E-state index in [1.807, 2.05) is 12.2 Å². The van der Waals surface area contributed by atoms with Gasteiger partial charge in [0.2, 0.25) is 0 Å². The minimum atomic E-state index is -4.99. The lowest BCUT2D eigenvalue weighted by atomic mass is 10.0. The summed E-state index contributed by atoms with van der Waals surface area (Å²) in [5, 5.41) is 10.7. The molecule has 0 fully saturated rings. The standard InChI is InChI=1S/C85H154O17P2/c1-5-9-13-17-21-25-29-33-37-39-43-46-50-54-58-62-66-70-83(88)96-76-80(101-84(89)71-67-63-59-55-51-47-42-36-32-28-24-20-16-12-8-4)77-99-103(91,92)97-73-79(86)74-98-104(93,94)100-78-81(75-95-82(87)69-65-61-57-53-49-45-41-35-31-27-23-19-15-11-7-3)102-85(90)72-68-64-60-56-52-48-44-40-38-34-30-26-22-18-14-10-6-2/h21,25,33,35-37,41-43,46,54,58,79-81,86H,5-20,22-24,26-32,34,38-40,44-45,47-53,55-57,59-78H2,1-4H3,(H,91,92)(H,93,94)/b25-21-,37-33-,41-35-,42-36-,46-43-,58-54-/t79-,80+,81+/m0/s1. The number of phosphoric acid groups is 2. The molecule has 0 rings (SSSR count). The number of phosphoric ester groups is 2. The molecule has 606 valence electrons. The first kappa shape index (κ1) is 100. The van der Waals surface area contributed by atoms with Gasteiger partial charge in [0.05, 0.1) is 26.4 Å². The second kappa shape index (κ2) is 77.7. The predicted molar refractivity (Wildman–Crippen MR) is 427 cm³/mol. The van der Waals surface area contributed by atoms with Gasteiger partial charge in [-0.2, -0.15) is 0 Å². The molecule has 3 N–H and O–H groups in total.